The molecule has 164 valence electrons. The maximum atomic E-state index is 14.0. The van der Waals surface area contributed by atoms with Crippen LogP contribution >= 0.6 is 11.3 Å². The van der Waals surface area contributed by atoms with Crippen molar-refractivity contribution in [2.45, 2.75) is 19.9 Å². The number of halogens is 1. The first-order chi connectivity index (χ1) is 15.1. The van der Waals surface area contributed by atoms with Gasteiger partial charge in [0, 0.05) is 26.2 Å². The lowest BCUT2D eigenvalue weighted by Gasteiger charge is -2.37. The summed E-state index contributed by atoms with van der Waals surface area (Å²) in [6.07, 6.45) is 0.917. The lowest BCUT2D eigenvalue weighted by Crippen LogP contribution is -2.51. The molecule has 0 atom stereocenters. The smallest absolute Gasteiger partial charge is 0.257 e. The molecule has 4 rings (SSSR count). The van der Waals surface area contributed by atoms with Crippen LogP contribution in [0.3, 0.4) is 0 Å². The Labute approximate surface area is 185 Å². The average molecular weight is 444 g/mol. The van der Waals surface area contributed by atoms with Crippen LogP contribution in [0.5, 0.6) is 0 Å². The number of carbonyl (C=O) groups excluding carboxylic acids is 1. The molecule has 31 heavy (non-hydrogen) atoms. The average Bonchev–Trinajstić information content (AvgIpc) is 3.46. The number of benzene rings is 1. The van der Waals surface area contributed by atoms with Gasteiger partial charge in [-0.25, -0.2) is 4.39 Å². The summed E-state index contributed by atoms with van der Waals surface area (Å²) in [5.41, 5.74) is 0.597. The predicted octanol–water partition coefficient (Wildman–Crippen LogP) is 3.50. The lowest BCUT2D eigenvalue weighted by atomic mass is 10.2. The summed E-state index contributed by atoms with van der Waals surface area (Å²) < 4.78 is 19.8. The normalized spacial score (nSPS) is 14.4. The monoisotopic (exact) mass is 443 g/mol. The van der Waals surface area contributed by atoms with Crippen LogP contribution in [0.15, 0.2) is 46.2 Å². The second-order valence-corrected chi connectivity index (χ2v) is 8.46. The summed E-state index contributed by atoms with van der Waals surface area (Å²) in [6.45, 7) is 5.97. The fourth-order valence-electron chi connectivity index (χ4n) is 3.74. The number of piperazine rings is 1. The van der Waals surface area contributed by atoms with Gasteiger partial charge in [0.2, 0.25) is 11.8 Å². The highest BCUT2D eigenvalue weighted by atomic mass is 32.1. The van der Waals surface area contributed by atoms with Gasteiger partial charge in [-0.3, -0.25) is 9.69 Å². The third kappa shape index (κ3) is 5.29. The van der Waals surface area contributed by atoms with Gasteiger partial charge in [0.1, 0.15) is 5.82 Å². The van der Waals surface area contributed by atoms with Gasteiger partial charge in [-0.1, -0.05) is 25.1 Å². The van der Waals surface area contributed by atoms with E-state index in [1.807, 2.05) is 38.3 Å². The number of para-hydroxylation sites is 1. The second-order valence-electron chi connectivity index (χ2n) is 7.51. The summed E-state index contributed by atoms with van der Waals surface area (Å²) >= 11 is 1.55. The van der Waals surface area contributed by atoms with E-state index in [9.17, 15) is 9.18 Å². The quantitative estimate of drug-likeness (QED) is 0.531. The molecule has 0 bridgehead atoms. The van der Waals surface area contributed by atoms with Gasteiger partial charge >= 0.3 is 0 Å². The molecule has 0 N–H and O–H groups in total. The van der Waals surface area contributed by atoms with E-state index in [0.29, 0.717) is 56.7 Å². The van der Waals surface area contributed by atoms with E-state index in [2.05, 4.69) is 17.1 Å². The second kappa shape index (κ2) is 10.0. The standard InChI is InChI=1S/C22H26FN5O2S/c1-2-9-26(15-20-24-25-22(30-20)19-8-5-14-31-19)16-21(29)28-12-10-27(11-13-28)18-7-4-3-6-17(18)23/h3-8,14H,2,9-13,15-16H2,1H3. The number of hydrogen-bond acceptors (Lipinski definition) is 7. The van der Waals surface area contributed by atoms with Gasteiger partial charge < -0.3 is 14.2 Å². The molecule has 0 spiro atoms. The van der Waals surface area contributed by atoms with Gasteiger partial charge in [0.15, 0.2) is 0 Å². The first kappa shape index (κ1) is 21.5. The topological polar surface area (TPSA) is 65.7 Å². The number of amides is 1. The molecule has 2 aromatic heterocycles. The summed E-state index contributed by atoms with van der Waals surface area (Å²) in [5, 5.41) is 10.2. The van der Waals surface area contributed by atoms with Gasteiger partial charge in [0.25, 0.3) is 5.89 Å². The minimum absolute atomic E-state index is 0.0691. The number of rotatable bonds is 8. The molecule has 1 aromatic carbocycles. The number of aromatic nitrogens is 2. The third-order valence-electron chi connectivity index (χ3n) is 5.28. The Morgan fingerprint density at radius 3 is 2.68 bits per heavy atom. The zero-order valence-electron chi connectivity index (χ0n) is 17.5. The molecule has 1 fully saturated rings. The fraction of sp³-hybridized carbons (Fsp3) is 0.409. The van der Waals surface area contributed by atoms with Crippen LogP contribution in [-0.2, 0) is 11.3 Å². The van der Waals surface area contributed by atoms with Crippen molar-refractivity contribution < 1.29 is 13.6 Å². The van der Waals surface area contributed by atoms with E-state index in [1.54, 1.807) is 23.5 Å². The Bertz CT molecular complexity index is 985. The summed E-state index contributed by atoms with van der Waals surface area (Å²) in [4.78, 5) is 19.7. The Hall–Kier alpha value is -2.78. The van der Waals surface area contributed by atoms with Crippen LogP contribution in [-0.4, -0.2) is 65.2 Å². The first-order valence-electron chi connectivity index (χ1n) is 10.5. The largest absolute Gasteiger partial charge is 0.419 e. The Morgan fingerprint density at radius 2 is 1.97 bits per heavy atom. The Kier molecular flexibility index (Phi) is 6.93. The predicted molar refractivity (Wildman–Crippen MR) is 118 cm³/mol. The van der Waals surface area contributed by atoms with Crippen molar-refractivity contribution in [3.63, 3.8) is 0 Å². The summed E-state index contributed by atoms with van der Waals surface area (Å²) in [5.74, 6) is 0.864. The van der Waals surface area contributed by atoms with E-state index < -0.39 is 0 Å². The molecule has 3 aromatic rings. The maximum Gasteiger partial charge on any atom is 0.257 e. The van der Waals surface area contributed by atoms with E-state index in [1.165, 1.54) is 6.07 Å². The van der Waals surface area contributed by atoms with Crippen LogP contribution in [0, 0.1) is 5.82 Å². The highest BCUT2D eigenvalue weighted by Gasteiger charge is 2.24. The zero-order valence-corrected chi connectivity index (χ0v) is 18.4. The van der Waals surface area contributed by atoms with E-state index >= 15 is 0 Å². The molecule has 0 unspecified atom stereocenters. The number of thiophene rings is 1. The molecular formula is C22H26FN5O2S. The van der Waals surface area contributed by atoms with Crippen LogP contribution in [0.1, 0.15) is 19.2 Å². The molecule has 1 aliphatic heterocycles. The molecule has 0 aliphatic carbocycles. The Morgan fingerprint density at radius 1 is 1.16 bits per heavy atom. The number of anilines is 1. The zero-order chi connectivity index (χ0) is 21.6. The van der Waals surface area contributed by atoms with Crippen molar-refractivity contribution in [3.05, 3.63) is 53.5 Å². The molecule has 7 nitrogen and oxygen atoms in total. The molecule has 1 saturated heterocycles. The van der Waals surface area contributed by atoms with Gasteiger partial charge in [-0.15, -0.1) is 21.5 Å². The van der Waals surface area contributed by atoms with Gasteiger partial charge in [-0.05, 0) is 36.5 Å². The van der Waals surface area contributed by atoms with Gasteiger partial charge in [0.05, 0.1) is 23.7 Å². The summed E-state index contributed by atoms with van der Waals surface area (Å²) in [6, 6.07) is 10.7. The number of hydrogen-bond donors (Lipinski definition) is 0. The van der Waals surface area contributed by atoms with Gasteiger partial charge in [-0.2, -0.15) is 0 Å². The lowest BCUT2D eigenvalue weighted by molar-refractivity contribution is -0.132. The molecule has 3 heterocycles. The highest BCUT2D eigenvalue weighted by Crippen LogP contribution is 2.23. The number of carbonyl (C=O) groups is 1. The molecule has 9 heteroatoms. The Balaban J connectivity index is 1.32. The van der Waals surface area contributed by atoms with Crippen molar-refractivity contribution in [2.24, 2.45) is 0 Å². The maximum absolute atomic E-state index is 14.0. The molecule has 1 aliphatic rings. The minimum Gasteiger partial charge on any atom is -0.419 e. The fourth-order valence-corrected chi connectivity index (χ4v) is 4.38. The minimum atomic E-state index is -0.224. The van der Waals surface area contributed by atoms with Crippen molar-refractivity contribution in [2.75, 3.05) is 44.2 Å². The molecule has 1 amide bonds. The molecular weight excluding hydrogens is 417 g/mol. The van der Waals surface area contributed by atoms with E-state index in [4.69, 9.17) is 4.42 Å². The SMILES string of the molecule is CCCN(CC(=O)N1CCN(c2ccccc2F)CC1)Cc1nnc(-c2cccs2)o1. The van der Waals surface area contributed by atoms with Crippen molar-refractivity contribution >= 4 is 22.9 Å². The van der Waals surface area contributed by atoms with Crippen LogP contribution in [0.4, 0.5) is 10.1 Å². The van der Waals surface area contributed by atoms with Crippen molar-refractivity contribution in [1.29, 1.82) is 0 Å². The van der Waals surface area contributed by atoms with E-state index in [0.717, 1.165) is 17.8 Å². The van der Waals surface area contributed by atoms with E-state index in [-0.39, 0.29) is 11.7 Å². The van der Waals surface area contributed by atoms with Crippen molar-refractivity contribution in [3.8, 4) is 10.8 Å². The van der Waals surface area contributed by atoms with Crippen LogP contribution in [0.25, 0.3) is 10.8 Å². The molecule has 0 radical (unpaired) electrons. The number of nitrogens with zero attached hydrogens (tertiary/aromatic N) is 5. The first-order valence-corrected chi connectivity index (χ1v) is 11.4. The molecule has 0 saturated carbocycles. The van der Waals surface area contributed by atoms with Crippen molar-refractivity contribution in [1.82, 2.24) is 20.0 Å². The summed E-state index contributed by atoms with van der Waals surface area (Å²) in [7, 11) is 0. The third-order valence-corrected chi connectivity index (χ3v) is 6.14. The van der Waals surface area contributed by atoms with Crippen LogP contribution in [0.2, 0.25) is 0 Å². The van der Waals surface area contributed by atoms with Crippen LogP contribution < -0.4 is 4.90 Å². The highest BCUT2D eigenvalue weighted by molar-refractivity contribution is 7.13.